The fraction of sp³-hybridized carbons (Fsp3) is 0.0741. The van der Waals surface area contributed by atoms with Crippen LogP contribution in [0.1, 0.15) is 16.1 Å². The normalized spacial score (nSPS) is 10.8. The van der Waals surface area contributed by atoms with E-state index in [1.165, 1.54) is 7.05 Å². The van der Waals surface area contributed by atoms with Crippen LogP contribution in [-0.2, 0) is 11.3 Å². The molecule has 0 fully saturated rings. The molecule has 0 saturated carbocycles. The summed E-state index contributed by atoms with van der Waals surface area (Å²) in [6, 6.07) is 21.0. The van der Waals surface area contributed by atoms with Crippen molar-refractivity contribution in [2.24, 2.45) is 0 Å². The Morgan fingerprint density at radius 2 is 1.58 bits per heavy atom. The first-order valence-corrected chi connectivity index (χ1v) is 11.9. The Hall–Kier alpha value is -4.80. The summed E-state index contributed by atoms with van der Waals surface area (Å²) >= 11 is 5.46. The summed E-state index contributed by atoms with van der Waals surface area (Å²) in [4.78, 5) is 34.7. The summed E-state index contributed by atoms with van der Waals surface area (Å²) in [7, 11) is 1.49. The third-order valence-electron chi connectivity index (χ3n) is 5.82. The minimum absolute atomic E-state index is 0.00414. The molecule has 0 atom stereocenters. The van der Waals surface area contributed by atoms with Crippen LogP contribution >= 0.6 is 11.8 Å². The first-order chi connectivity index (χ1) is 18.6. The zero-order chi connectivity index (χ0) is 26.5. The van der Waals surface area contributed by atoms with E-state index in [0.29, 0.717) is 33.6 Å². The van der Waals surface area contributed by atoms with E-state index in [2.05, 4.69) is 25.8 Å². The number of carbonyl (C=O) groups is 2. The van der Waals surface area contributed by atoms with Gasteiger partial charge in [0.05, 0.1) is 16.8 Å². The number of hydrogen-bond donors (Lipinski definition) is 3. The molecule has 5 rings (SSSR count). The summed E-state index contributed by atoms with van der Waals surface area (Å²) in [6.45, 7) is -0.00414. The van der Waals surface area contributed by atoms with Crippen molar-refractivity contribution < 1.29 is 18.8 Å². The Bertz CT molecular complexity index is 1600. The maximum absolute atomic E-state index is 12.5. The van der Waals surface area contributed by atoms with E-state index in [1.54, 1.807) is 30.6 Å². The Morgan fingerprint density at radius 3 is 2.24 bits per heavy atom. The largest absolute Gasteiger partial charge is 0.441 e. The molecule has 190 valence electrons. The van der Waals surface area contributed by atoms with Gasteiger partial charge in [0.25, 0.3) is 5.91 Å². The van der Waals surface area contributed by atoms with Crippen LogP contribution < -0.4 is 15.7 Å². The smallest absolute Gasteiger partial charge is 0.407 e. The number of aromatic nitrogens is 3. The van der Waals surface area contributed by atoms with Gasteiger partial charge < -0.3 is 14.6 Å². The van der Waals surface area contributed by atoms with E-state index in [9.17, 15) is 9.59 Å². The lowest BCUT2D eigenvalue weighted by molar-refractivity contribution is 0.0947. The van der Waals surface area contributed by atoms with Crippen molar-refractivity contribution in [3.8, 4) is 33.6 Å². The topological polar surface area (TPSA) is 131 Å². The maximum Gasteiger partial charge on any atom is 0.407 e. The van der Waals surface area contributed by atoms with Gasteiger partial charge in [0.15, 0.2) is 12.4 Å². The number of nitrogens with one attached hydrogen (secondary N) is 3. The number of carbonyl (C=O) groups excluding carboxylic acids is 2. The minimum Gasteiger partial charge on any atom is -0.441 e. The maximum atomic E-state index is 12.5. The second-order valence-electron chi connectivity index (χ2n) is 8.16. The number of rotatable bonds is 7. The van der Waals surface area contributed by atoms with Crippen molar-refractivity contribution in [3.05, 3.63) is 90.4 Å². The lowest BCUT2D eigenvalue weighted by Gasteiger charge is -2.10. The van der Waals surface area contributed by atoms with E-state index >= 15 is 0 Å². The van der Waals surface area contributed by atoms with E-state index in [4.69, 9.17) is 26.0 Å². The number of alkyl carbamates (subject to hydrolysis) is 1. The zero-order valence-corrected chi connectivity index (χ0v) is 20.8. The molecule has 3 aromatic heterocycles. The molecule has 2 aromatic carbocycles. The number of nitrogens with zero attached hydrogens (tertiary/aromatic N) is 3. The number of fused-ring (bicyclic) bond motifs is 1. The summed E-state index contributed by atoms with van der Waals surface area (Å²) in [5, 5.41) is 7.05. The second-order valence-corrected chi connectivity index (χ2v) is 8.34. The SMILES string of the molecule is CNC(=O)OCc1cc(-c2ccc(-c3ccc(-c4cc(C(=O)NNCl)c5cnccc5n4)cc3)cc2)no1. The van der Waals surface area contributed by atoms with Gasteiger partial charge in [-0.1, -0.05) is 53.7 Å². The minimum atomic E-state index is -0.540. The number of benzene rings is 2. The Morgan fingerprint density at radius 1 is 0.921 bits per heavy atom. The molecule has 10 nitrogen and oxygen atoms in total. The highest BCUT2D eigenvalue weighted by Gasteiger charge is 2.14. The van der Waals surface area contributed by atoms with Gasteiger partial charge in [-0.25, -0.2) is 9.78 Å². The Balaban J connectivity index is 1.36. The molecule has 0 aliphatic carbocycles. The molecule has 0 bridgehead atoms. The summed E-state index contributed by atoms with van der Waals surface area (Å²) < 4.78 is 10.2. The van der Waals surface area contributed by atoms with Gasteiger partial charge in [-0.15, -0.1) is 4.94 Å². The number of hydrogen-bond acceptors (Lipinski definition) is 8. The molecular weight excluding hydrogens is 508 g/mol. The summed E-state index contributed by atoms with van der Waals surface area (Å²) in [5.74, 6) is 0.0537. The second kappa shape index (κ2) is 11.1. The van der Waals surface area contributed by atoms with Gasteiger partial charge in [0.2, 0.25) is 0 Å². The van der Waals surface area contributed by atoms with E-state index in [-0.39, 0.29) is 6.61 Å². The highest BCUT2D eigenvalue weighted by Crippen LogP contribution is 2.29. The van der Waals surface area contributed by atoms with Crippen LogP contribution in [0.25, 0.3) is 44.5 Å². The first-order valence-electron chi connectivity index (χ1n) is 11.5. The lowest BCUT2D eigenvalue weighted by Crippen LogP contribution is -2.30. The number of halogens is 1. The molecule has 0 unspecified atom stereocenters. The van der Waals surface area contributed by atoms with Crippen molar-refractivity contribution >= 4 is 34.7 Å². The quantitative estimate of drug-likeness (QED) is 0.201. The molecule has 3 N–H and O–H groups in total. The summed E-state index contributed by atoms with van der Waals surface area (Å²) in [5.41, 5.74) is 8.46. The first kappa shape index (κ1) is 24.9. The van der Waals surface area contributed by atoms with Crippen molar-refractivity contribution in [2.45, 2.75) is 6.61 Å². The van der Waals surface area contributed by atoms with Crippen LogP contribution in [0.3, 0.4) is 0 Å². The van der Waals surface area contributed by atoms with Crippen LogP contribution in [0, 0.1) is 0 Å². The van der Waals surface area contributed by atoms with Crippen LogP contribution in [0.4, 0.5) is 4.79 Å². The Labute approximate surface area is 222 Å². The highest BCUT2D eigenvalue weighted by molar-refractivity contribution is 6.15. The van der Waals surface area contributed by atoms with E-state index in [0.717, 1.165) is 22.3 Å². The van der Waals surface area contributed by atoms with Crippen molar-refractivity contribution in [1.29, 1.82) is 0 Å². The van der Waals surface area contributed by atoms with E-state index in [1.807, 2.05) is 48.5 Å². The monoisotopic (exact) mass is 528 g/mol. The number of pyridine rings is 2. The Kier molecular flexibility index (Phi) is 7.25. The van der Waals surface area contributed by atoms with Gasteiger partial charge in [-0.2, -0.15) is 0 Å². The van der Waals surface area contributed by atoms with Crippen LogP contribution in [0.2, 0.25) is 0 Å². The lowest BCUT2D eigenvalue weighted by atomic mass is 9.99. The highest BCUT2D eigenvalue weighted by atomic mass is 35.5. The molecule has 11 heteroatoms. The molecule has 0 radical (unpaired) electrons. The third kappa shape index (κ3) is 5.31. The average molecular weight is 529 g/mol. The van der Waals surface area contributed by atoms with Gasteiger partial charge in [-0.3, -0.25) is 15.2 Å². The molecular formula is C27H21ClN6O4. The van der Waals surface area contributed by atoms with Crippen LogP contribution in [-0.4, -0.2) is 34.2 Å². The molecule has 38 heavy (non-hydrogen) atoms. The number of amides is 2. The van der Waals surface area contributed by atoms with Gasteiger partial charge in [0.1, 0.15) is 5.69 Å². The van der Waals surface area contributed by atoms with Crippen molar-refractivity contribution in [1.82, 2.24) is 30.8 Å². The fourth-order valence-electron chi connectivity index (χ4n) is 3.91. The predicted octanol–water partition coefficient (Wildman–Crippen LogP) is 4.86. The summed E-state index contributed by atoms with van der Waals surface area (Å²) in [6.07, 6.45) is 2.69. The van der Waals surface area contributed by atoms with Crippen molar-refractivity contribution in [3.63, 3.8) is 0 Å². The van der Waals surface area contributed by atoms with Crippen molar-refractivity contribution in [2.75, 3.05) is 7.05 Å². The zero-order valence-electron chi connectivity index (χ0n) is 20.1. The molecule has 0 aliphatic heterocycles. The molecule has 0 saturated heterocycles. The molecule has 2 amide bonds. The average Bonchev–Trinajstić information content (AvgIpc) is 3.45. The van der Waals surface area contributed by atoms with Crippen LogP contribution in [0.15, 0.2) is 83.6 Å². The standard InChI is InChI=1S/C27H21ClN6O4/c1-29-27(36)37-15-20-12-25(33-38-20)19-8-4-17(5-9-19)16-2-6-18(7-3-16)24-13-21(26(35)32-34-28)22-14-30-11-10-23(22)31-24/h2-14,34H,15H2,1H3,(H,29,36)(H,32,35). The predicted molar refractivity (Wildman–Crippen MR) is 142 cm³/mol. The van der Waals surface area contributed by atoms with E-state index < -0.39 is 12.0 Å². The fourth-order valence-corrected chi connectivity index (χ4v) is 3.99. The van der Waals surface area contributed by atoms with Gasteiger partial charge >= 0.3 is 6.09 Å². The number of ether oxygens (including phenoxy) is 1. The van der Waals surface area contributed by atoms with Gasteiger partial charge in [0, 0.05) is 42.0 Å². The molecule has 0 aliphatic rings. The molecule has 3 heterocycles. The third-order valence-corrected chi connectivity index (χ3v) is 5.91. The van der Waals surface area contributed by atoms with Crippen LogP contribution in [0.5, 0.6) is 0 Å². The van der Waals surface area contributed by atoms with Gasteiger partial charge in [-0.05, 0) is 35.0 Å². The number of hydrazine groups is 1. The molecule has 0 spiro atoms. The molecule has 5 aromatic rings.